The Morgan fingerprint density at radius 1 is 1.41 bits per heavy atom. The van der Waals surface area contributed by atoms with E-state index < -0.39 is 22.9 Å². The lowest BCUT2D eigenvalue weighted by Crippen LogP contribution is -2.37. The third kappa shape index (κ3) is 6.00. The highest BCUT2D eigenvalue weighted by molar-refractivity contribution is 7.79. The molecule has 0 aliphatic rings. The van der Waals surface area contributed by atoms with E-state index in [4.69, 9.17) is 5.73 Å². The van der Waals surface area contributed by atoms with Crippen LogP contribution in [0.5, 0.6) is 0 Å². The Bertz CT molecular complexity index is 425. The molecule has 17 heavy (non-hydrogen) atoms. The smallest absolute Gasteiger partial charge is 0.257 e. The van der Waals surface area contributed by atoms with Crippen molar-refractivity contribution in [2.45, 2.75) is 0 Å². The zero-order chi connectivity index (χ0) is 12.0. The lowest BCUT2D eigenvalue weighted by atomic mass is 10.2. The first kappa shape index (κ1) is 15.6. The van der Waals surface area contributed by atoms with Crippen LogP contribution in [0.1, 0.15) is 10.4 Å². The Morgan fingerprint density at radius 3 is 2.53 bits per heavy atom. The molecule has 1 rings (SSSR count). The predicted molar refractivity (Wildman–Crippen MR) is 66.6 cm³/mol. The van der Waals surface area contributed by atoms with Crippen molar-refractivity contribution < 1.29 is 13.6 Å². The van der Waals surface area contributed by atoms with Crippen LogP contribution in [-0.2, 0) is 11.1 Å². The first-order valence-corrected chi connectivity index (χ1v) is 5.56. The van der Waals surface area contributed by atoms with Crippen LogP contribution in [0.2, 0.25) is 0 Å². The minimum absolute atomic E-state index is 0. The maximum atomic E-state index is 11.5. The summed E-state index contributed by atoms with van der Waals surface area (Å²) < 4.78 is 20.4. The largest absolute Gasteiger partial charge is 0.771 e. The molecule has 1 atom stereocenters. The third-order valence-corrected chi connectivity index (χ3v) is 1.96. The minimum Gasteiger partial charge on any atom is -0.771 e. The lowest BCUT2D eigenvalue weighted by Gasteiger charge is -2.05. The van der Waals surface area contributed by atoms with Crippen molar-refractivity contribution in [1.29, 1.82) is 0 Å². The monoisotopic (exact) mass is 276 g/mol. The number of nitrogens with zero attached hydrogens (tertiary/aromatic N) is 1. The lowest BCUT2D eigenvalue weighted by molar-refractivity contribution is 0.0976. The number of carbonyl (C=O) groups is 1. The van der Waals surface area contributed by atoms with Gasteiger partial charge in [0, 0.05) is 5.56 Å². The van der Waals surface area contributed by atoms with Crippen LogP contribution in [-0.4, -0.2) is 26.5 Å². The van der Waals surface area contributed by atoms with Gasteiger partial charge in [0.1, 0.15) is 5.88 Å². The highest BCUT2D eigenvalue weighted by Gasteiger charge is 2.04. The number of nitrogens with one attached hydrogen (secondary N) is 1. The predicted octanol–water partition coefficient (Wildman–Crippen LogP) is -0.0105. The van der Waals surface area contributed by atoms with Crippen molar-refractivity contribution >= 4 is 35.4 Å². The van der Waals surface area contributed by atoms with Crippen molar-refractivity contribution in [3.05, 3.63) is 35.9 Å². The standard InChI is InChI=1S/C9H11N3O3S.ClH/c10-9(11-6-16(14)15)12-8(13)7-4-2-1-3-5-7;/h1-5H,6H2,(H,14,15)(H3,10,11,12,13);1H/p-1. The summed E-state index contributed by atoms with van der Waals surface area (Å²) >= 11 is -2.31. The van der Waals surface area contributed by atoms with Crippen LogP contribution in [0.15, 0.2) is 35.3 Å². The van der Waals surface area contributed by atoms with Crippen molar-refractivity contribution in [1.82, 2.24) is 5.32 Å². The normalized spacial score (nSPS) is 12.4. The summed E-state index contributed by atoms with van der Waals surface area (Å²) in [7, 11) is 0. The summed E-state index contributed by atoms with van der Waals surface area (Å²) in [5.41, 5.74) is 5.73. The van der Waals surface area contributed by atoms with E-state index in [1.54, 1.807) is 30.3 Å². The van der Waals surface area contributed by atoms with Gasteiger partial charge in [-0.15, -0.1) is 12.4 Å². The molecule has 8 heteroatoms. The third-order valence-electron chi connectivity index (χ3n) is 1.62. The van der Waals surface area contributed by atoms with Gasteiger partial charge in [-0.3, -0.25) is 14.3 Å². The number of benzene rings is 1. The Labute approximate surface area is 107 Å². The highest BCUT2D eigenvalue weighted by Crippen LogP contribution is 1.97. The minimum atomic E-state index is -2.31. The van der Waals surface area contributed by atoms with E-state index in [-0.39, 0.29) is 18.4 Å². The average molecular weight is 277 g/mol. The molecule has 0 radical (unpaired) electrons. The quantitative estimate of drug-likeness (QED) is 0.460. The van der Waals surface area contributed by atoms with Crippen molar-refractivity contribution in [3.8, 4) is 0 Å². The van der Waals surface area contributed by atoms with Gasteiger partial charge in [0.2, 0.25) is 0 Å². The van der Waals surface area contributed by atoms with E-state index in [0.29, 0.717) is 5.56 Å². The molecule has 0 heterocycles. The topological polar surface area (TPSA) is 108 Å². The van der Waals surface area contributed by atoms with Crippen molar-refractivity contribution in [2.24, 2.45) is 10.7 Å². The van der Waals surface area contributed by atoms with Crippen LogP contribution in [0.3, 0.4) is 0 Å². The van der Waals surface area contributed by atoms with Gasteiger partial charge in [-0.1, -0.05) is 18.2 Å². The molecule has 6 nitrogen and oxygen atoms in total. The van der Waals surface area contributed by atoms with E-state index in [1.165, 1.54) is 0 Å². The fraction of sp³-hybridized carbons (Fsp3) is 0.111. The number of hydrogen-bond acceptors (Lipinski definition) is 4. The van der Waals surface area contributed by atoms with Gasteiger partial charge in [0.05, 0.1) is 0 Å². The van der Waals surface area contributed by atoms with Crippen LogP contribution >= 0.6 is 12.4 Å². The van der Waals surface area contributed by atoms with Crippen LogP contribution in [0.25, 0.3) is 0 Å². The molecule has 3 N–H and O–H groups in total. The number of amides is 1. The second-order valence-electron chi connectivity index (χ2n) is 2.80. The summed E-state index contributed by atoms with van der Waals surface area (Å²) in [5.74, 6) is -1.13. The first-order valence-electron chi connectivity index (χ1n) is 4.32. The average Bonchev–Trinajstić information content (AvgIpc) is 2.27. The van der Waals surface area contributed by atoms with E-state index in [1.807, 2.05) is 0 Å². The zero-order valence-electron chi connectivity index (χ0n) is 8.66. The number of carbonyl (C=O) groups excluding carboxylic acids is 1. The maximum Gasteiger partial charge on any atom is 0.257 e. The van der Waals surface area contributed by atoms with E-state index in [9.17, 15) is 13.6 Å². The van der Waals surface area contributed by atoms with Gasteiger partial charge in [0.25, 0.3) is 5.91 Å². The van der Waals surface area contributed by atoms with Gasteiger partial charge in [-0.05, 0) is 23.2 Å². The number of aliphatic imine (C=N–C) groups is 1. The molecular weight excluding hydrogens is 266 g/mol. The zero-order valence-corrected chi connectivity index (χ0v) is 10.3. The number of guanidine groups is 1. The number of rotatable bonds is 3. The molecule has 0 aliphatic heterocycles. The second-order valence-corrected chi connectivity index (χ2v) is 3.66. The fourth-order valence-corrected chi connectivity index (χ4v) is 1.18. The molecule has 0 bridgehead atoms. The molecule has 0 saturated carbocycles. The van der Waals surface area contributed by atoms with Gasteiger partial charge < -0.3 is 10.3 Å². The molecular formula is C9H11ClN3O3S-. The van der Waals surface area contributed by atoms with Crippen LogP contribution in [0, 0.1) is 0 Å². The molecule has 0 fully saturated rings. The van der Waals surface area contributed by atoms with Gasteiger partial charge in [-0.2, -0.15) is 0 Å². The Morgan fingerprint density at radius 2 is 2.00 bits per heavy atom. The van der Waals surface area contributed by atoms with Crippen molar-refractivity contribution in [2.75, 3.05) is 5.88 Å². The number of halogens is 1. The molecule has 1 unspecified atom stereocenters. The fourth-order valence-electron chi connectivity index (χ4n) is 0.940. The van der Waals surface area contributed by atoms with E-state index in [0.717, 1.165) is 0 Å². The number of nitrogens with two attached hydrogens (primary N) is 1. The first-order chi connectivity index (χ1) is 7.59. The highest BCUT2D eigenvalue weighted by atomic mass is 35.5. The maximum absolute atomic E-state index is 11.5. The summed E-state index contributed by atoms with van der Waals surface area (Å²) in [6.45, 7) is 0. The second kappa shape index (κ2) is 7.77. The van der Waals surface area contributed by atoms with Crippen molar-refractivity contribution in [3.63, 3.8) is 0 Å². The van der Waals surface area contributed by atoms with E-state index in [2.05, 4.69) is 10.3 Å². The molecule has 1 amide bonds. The van der Waals surface area contributed by atoms with Crippen LogP contribution in [0.4, 0.5) is 0 Å². The SMILES string of the molecule is Cl.NC(=NCS(=O)[O-])NC(=O)c1ccccc1. The molecule has 0 aliphatic carbocycles. The Kier molecular flexibility index (Phi) is 7.11. The molecule has 1 aromatic rings. The summed E-state index contributed by atoms with van der Waals surface area (Å²) in [4.78, 5) is 14.9. The van der Waals surface area contributed by atoms with Gasteiger partial charge >= 0.3 is 0 Å². The van der Waals surface area contributed by atoms with Gasteiger partial charge in [0.15, 0.2) is 5.96 Å². The molecule has 1 aromatic carbocycles. The van der Waals surface area contributed by atoms with Gasteiger partial charge in [-0.25, -0.2) is 4.99 Å². The molecule has 0 saturated heterocycles. The molecule has 94 valence electrons. The van der Waals surface area contributed by atoms with E-state index >= 15 is 0 Å². The van der Waals surface area contributed by atoms with Crippen LogP contribution < -0.4 is 11.1 Å². The Hall–Kier alpha value is -1.44. The molecule has 0 aromatic heterocycles. The summed E-state index contributed by atoms with van der Waals surface area (Å²) in [6, 6.07) is 8.39. The summed E-state index contributed by atoms with van der Waals surface area (Å²) in [5, 5.41) is 2.27. The Balaban J connectivity index is 0.00000256. The number of hydrogen-bond donors (Lipinski definition) is 2. The summed E-state index contributed by atoms with van der Waals surface area (Å²) in [6.07, 6.45) is 0. The molecule has 0 spiro atoms.